The molecule has 0 aliphatic carbocycles. The van der Waals surface area contributed by atoms with E-state index in [9.17, 15) is 22.4 Å². The summed E-state index contributed by atoms with van der Waals surface area (Å²) in [6.45, 7) is 7.81. The van der Waals surface area contributed by atoms with Crippen LogP contribution < -0.4 is 9.62 Å². The summed E-state index contributed by atoms with van der Waals surface area (Å²) in [6, 6.07) is 21.1. The van der Waals surface area contributed by atoms with Crippen molar-refractivity contribution in [2.24, 2.45) is 0 Å². The van der Waals surface area contributed by atoms with Crippen molar-refractivity contribution in [3.63, 3.8) is 0 Å². The van der Waals surface area contributed by atoms with Gasteiger partial charge in [0.2, 0.25) is 21.8 Å². The Morgan fingerprint density at radius 1 is 0.900 bits per heavy atom. The lowest BCUT2D eigenvalue weighted by molar-refractivity contribution is -0.140. The molecule has 0 heterocycles. The molecule has 3 aromatic rings. The van der Waals surface area contributed by atoms with E-state index < -0.39 is 34.3 Å². The van der Waals surface area contributed by atoms with Gasteiger partial charge in [0.05, 0.1) is 11.9 Å². The van der Waals surface area contributed by atoms with Gasteiger partial charge in [-0.05, 0) is 53.3 Å². The molecule has 0 bridgehead atoms. The third-order valence-electron chi connectivity index (χ3n) is 6.59. The number of likely N-dealkylation sites (N-methyl/N-ethyl adjacent to an activating group) is 1. The molecular weight excluding hydrogens is 529 g/mol. The minimum atomic E-state index is -3.85. The van der Waals surface area contributed by atoms with E-state index in [0.717, 1.165) is 21.7 Å². The number of benzene rings is 3. The van der Waals surface area contributed by atoms with Gasteiger partial charge in [-0.3, -0.25) is 13.9 Å². The molecule has 0 saturated heterocycles. The number of nitrogens with zero attached hydrogens (tertiary/aromatic N) is 2. The highest BCUT2D eigenvalue weighted by Crippen LogP contribution is 2.26. The summed E-state index contributed by atoms with van der Waals surface area (Å²) in [5.41, 5.74) is 2.69. The molecular formula is C31H38FN3O4S. The summed E-state index contributed by atoms with van der Waals surface area (Å²) in [4.78, 5) is 28.7. The van der Waals surface area contributed by atoms with E-state index in [-0.39, 0.29) is 24.3 Å². The molecule has 40 heavy (non-hydrogen) atoms. The normalized spacial score (nSPS) is 12.4. The highest BCUT2D eigenvalue weighted by Gasteiger charge is 2.33. The number of nitrogens with one attached hydrogen (secondary N) is 1. The first-order valence-corrected chi connectivity index (χ1v) is 15.1. The maximum Gasteiger partial charge on any atom is 0.244 e. The zero-order valence-corrected chi connectivity index (χ0v) is 24.5. The monoisotopic (exact) mass is 567 g/mol. The van der Waals surface area contributed by atoms with Gasteiger partial charge in [0, 0.05) is 19.5 Å². The van der Waals surface area contributed by atoms with Crippen LogP contribution in [0.5, 0.6) is 0 Å². The average Bonchev–Trinajstić information content (AvgIpc) is 2.90. The van der Waals surface area contributed by atoms with Crippen molar-refractivity contribution in [2.45, 2.75) is 52.1 Å². The molecule has 9 heteroatoms. The molecule has 3 rings (SSSR count). The molecule has 0 fully saturated rings. The van der Waals surface area contributed by atoms with Gasteiger partial charge in [0.15, 0.2) is 0 Å². The van der Waals surface area contributed by atoms with Crippen molar-refractivity contribution in [3.05, 3.63) is 101 Å². The minimum Gasteiger partial charge on any atom is -0.355 e. The molecule has 0 aromatic heterocycles. The lowest BCUT2D eigenvalue weighted by Crippen LogP contribution is -2.53. The lowest BCUT2D eigenvalue weighted by atomic mass is 9.87. The van der Waals surface area contributed by atoms with E-state index in [0.29, 0.717) is 17.8 Å². The number of amides is 2. The molecule has 3 aromatic carbocycles. The standard InChI is InChI=1S/C31H38FN3O4S/c1-6-33-30(37)28(20-23-10-8-7-9-11-23)34(21-24-12-16-26(32)17-13-24)29(36)22-35(40(5,38)39)27-18-14-25(15-19-27)31(2,3)4/h7-19,28H,6,20-22H2,1-5H3,(H,33,37)/t28-/m0/s1. The highest BCUT2D eigenvalue weighted by molar-refractivity contribution is 7.92. The molecule has 0 unspecified atom stereocenters. The Labute approximate surface area is 237 Å². The summed E-state index contributed by atoms with van der Waals surface area (Å²) in [5, 5.41) is 2.81. The van der Waals surface area contributed by atoms with Crippen LogP contribution in [0.1, 0.15) is 44.4 Å². The summed E-state index contributed by atoms with van der Waals surface area (Å²) in [6.07, 6.45) is 1.27. The Hall–Kier alpha value is -3.72. The number of anilines is 1. The van der Waals surface area contributed by atoms with Crippen molar-refractivity contribution in [2.75, 3.05) is 23.7 Å². The van der Waals surface area contributed by atoms with Gasteiger partial charge in [-0.15, -0.1) is 0 Å². The fourth-order valence-corrected chi connectivity index (χ4v) is 5.22. The second kappa shape index (κ2) is 13.1. The van der Waals surface area contributed by atoms with Crippen molar-refractivity contribution < 1.29 is 22.4 Å². The van der Waals surface area contributed by atoms with Crippen LogP contribution >= 0.6 is 0 Å². The maximum atomic E-state index is 14.0. The summed E-state index contributed by atoms with van der Waals surface area (Å²) < 4.78 is 40.5. The molecule has 0 aliphatic rings. The van der Waals surface area contributed by atoms with Crippen LogP contribution in [-0.2, 0) is 38.0 Å². The van der Waals surface area contributed by atoms with E-state index in [1.54, 1.807) is 31.2 Å². The van der Waals surface area contributed by atoms with E-state index in [4.69, 9.17) is 0 Å². The largest absolute Gasteiger partial charge is 0.355 e. The summed E-state index contributed by atoms with van der Waals surface area (Å²) in [7, 11) is -3.85. The Kier molecular flexibility index (Phi) is 10.1. The number of hydrogen-bond acceptors (Lipinski definition) is 4. The van der Waals surface area contributed by atoms with Gasteiger partial charge in [0.25, 0.3) is 0 Å². The molecule has 214 valence electrons. The first-order valence-electron chi connectivity index (χ1n) is 13.2. The topological polar surface area (TPSA) is 86.8 Å². The number of carbonyl (C=O) groups excluding carboxylic acids is 2. The Bertz CT molecular complexity index is 1390. The zero-order chi connectivity index (χ0) is 29.5. The molecule has 0 aliphatic heterocycles. The fourth-order valence-electron chi connectivity index (χ4n) is 4.37. The van der Waals surface area contributed by atoms with Crippen molar-refractivity contribution >= 4 is 27.5 Å². The zero-order valence-electron chi connectivity index (χ0n) is 23.7. The van der Waals surface area contributed by atoms with E-state index >= 15 is 0 Å². The highest BCUT2D eigenvalue weighted by atomic mass is 32.2. The number of halogens is 1. The number of carbonyl (C=O) groups is 2. The van der Waals surface area contributed by atoms with E-state index in [1.807, 2.05) is 42.5 Å². The van der Waals surface area contributed by atoms with Crippen molar-refractivity contribution in [3.8, 4) is 0 Å². The first kappa shape index (κ1) is 30.8. The van der Waals surface area contributed by atoms with Gasteiger partial charge in [-0.1, -0.05) is 75.4 Å². The Balaban J connectivity index is 2.02. The maximum absolute atomic E-state index is 14.0. The molecule has 1 N–H and O–H groups in total. The van der Waals surface area contributed by atoms with Crippen LogP contribution in [0, 0.1) is 5.82 Å². The Morgan fingerprint density at radius 2 is 1.50 bits per heavy atom. The molecule has 2 amide bonds. The molecule has 0 saturated carbocycles. The summed E-state index contributed by atoms with van der Waals surface area (Å²) >= 11 is 0. The third kappa shape index (κ3) is 8.39. The van der Waals surface area contributed by atoms with Crippen molar-refractivity contribution in [1.82, 2.24) is 10.2 Å². The van der Waals surface area contributed by atoms with Crippen LogP contribution in [0.3, 0.4) is 0 Å². The van der Waals surface area contributed by atoms with Crippen LogP contribution in [0.25, 0.3) is 0 Å². The first-order chi connectivity index (χ1) is 18.8. The second-order valence-electron chi connectivity index (χ2n) is 10.8. The Morgan fingerprint density at radius 3 is 2.02 bits per heavy atom. The van der Waals surface area contributed by atoms with Gasteiger partial charge in [0.1, 0.15) is 18.4 Å². The van der Waals surface area contributed by atoms with Gasteiger partial charge in [-0.25, -0.2) is 12.8 Å². The predicted octanol–water partition coefficient (Wildman–Crippen LogP) is 4.67. The number of sulfonamides is 1. The second-order valence-corrected chi connectivity index (χ2v) is 12.7. The lowest BCUT2D eigenvalue weighted by Gasteiger charge is -2.33. The third-order valence-corrected chi connectivity index (χ3v) is 7.73. The fraction of sp³-hybridized carbons (Fsp3) is 0.355. The minimum absolute atomic E-state index is 0.00564. The quantitative estimate of drug-likeness (QED) is 0.365. The van der Waals surface area contributed by atoms with Gasteiger partial charge >= 0.3 is 0 Å². The summed E-state index contributed by atoms with van der Waals surface area (Å²) in [5.74, 6) is -1.34. The molecule has 0 radical (unpaired) electrons. The van der Waals surface area contributed by atoms with E-state index in [2.05, 4.69) is 26.1 Å². The molecule has 0 spiro atoms. The van der Waals surface area contributed by atoms with Crippen LogP contribution in [0.15, 0.2) is 78.9 Å². The smallest absolute Gasteiger partial charge is 0.244 e. The van der Waals surface area contributed by atoms with Crippen LogP contribution in [0.4, 0.5) is 10.1 Å². The molecule has 7 nitrogen and oxygen atoms in total. The van der Waals surface area contributed by atoms with Crippen LogP contribution in [-0.4, -0.2) is 50.5 Å². The predicted molar refractivity (Wildman–Crippen MR) is 157 cm³/mol. The SMILES string of the molecule is CCNC(=O)[C@H](Cc1ccccc1)N(Cc1ccc(F)cc1)C(=O)CN(c1ccc(C(C)(C)C)cc1)S(C)(=O)=O. The number of hydrogen-bond donors (Lipinski definition) is 1. The van der Waals surface area contributed by atoms with Gasteiger partial charge < -0.3 is 10.2 Å². The average molecular weight is 568 g/mol. The van der Waals surface area contributed by atoms with E-state index in [1.165, 1.54) is 17.0 Å². The van der Waals surface area contributed by atoms with Crippen LogP contribution in [0.2, 0.25) is 0 Å². The number of rotatable bonds is 11. The van der Waals surface area contributed by atoms with Gasteiger partial charge in [-0.2, -0.15) is 0 Å². The van der Waals surface area contributed by atoms with Crippen molar-refractivity contribution in [1.29, 1.82) is 0 Å². The molecule has 1 atom stereocenters.